The molecule has 0 bridgehead atoms. The van der Waals surface area contributed by atoms with Gasteiger partial charge in [0, 0.05) is 5.70 Å². The predicted octanol–water partition coefficient (Wildman–Crippen LogP) is 0.106. The first-order valence-corrected chi connectivity index (χ1v) is 3.17. The van der Waals surface area contributed by atoms with Gasteiger partial charge in [-0.25, -0.2) is 0 Å². The van der Waals surface area contributed by atoms with E-state index in [2.05, 4.69) is 15.8 Å². The van der Waals surface area contributed by atoms with Crippen molar-refractivity contribution in [2.24, 2.45) is 16.1 Å². The van der Waals surface area contributed by atoms with Gasteiger partial charge >= 0.3 is 0 Å². The molecular formula is C6H8N4. The molecule has 0 aromatic heterocycles. The Labute approximate surface area is 58.5 Å². The van der Waals surface area contributed by atoms with E-state index < -0.39 is 0 Å². The van der Waals surface area contributed by atoms with Gasteiger partial charge in [-0.15, -0.1) is 0 Å². The SMILES string of the molecule is NC1=CC=C[C@H]2NN=N[C@H]12. The van der Waals surface area contributed by atoms with Crippen LogP contribution in [0.5, 0.6) is 0 Å². The van der Waals surface area contributed by atoms with E-state index in [-0.39, 0.29) is 12.1 Å². The first-order valence-electron chi connectivity index (χ1n) is 3.17. The Morgan fingerprint density at radius 1 is 1.60 bits per heavy atom. The second-order valence-corrected chi connectivity index (χ2v) is 2.37. The average Bonchev–Trinajstić information content (AvgIpc) is 2.36. The molecule has 1 aliphatic carbocycles. The number of nitrogens with one attached hydrogen (secondary N) is 1. The van der Waals surface area contributed by atoms with Gasteiger partial charge in [0.25, 0.3) is 0 Å². The first kappa shape index (κ1) is 5.46. The van der Waals surface area contributed by atoms with E-state index in [1.54, 1.807) is 0 Å². The summed E-state index contributed by atoms with van der Waals surface area (Å²) in [6.45, 7) is 0. The Morgan fingerprint density at radius 2 is 2.50 bits per heavy atom. The largest absolute Gasteiger partial charge is 0.400 e. The van der Waals surface area contributed by atoms with Crippen molar-refractivity contribution in [1.82, 2.24) is 5.43 Å². The van der Waals surface area contributed by atoms with Gasteiger partial charge < -0.3 is 5.73 Å². The van der Waals surface area contributed by atoms with Crippen molar-refractivity contribution in [3.63, 3.8) is 0 Å². The zero-order chi connectivity index (χ0) is 6.97. The average molecular weight is 136 g/mol. The van der Waals surface area contributed by atoms with Gasteiger partial charge in [-0.2, -0.15) is 5.11 Å². The van der Waals surface area contributed by atoms with Crippen LogP contribution in [-0.2, 0) is 0 Å². The standard InChI is InChI=1S/C6H8N4/c7-4-2-1-3-5-6(4)9-10-8-5/h1-3,5-6H,7H2,(H,8,9)/t5-,6-/m1/s1. The number of nitrogens with two attached hydrogens (primary N) is 1. The van der Waals surface area contributed by atoms with E-state index >= 15 is 0 Å². The van der Waals surface area contributed by atoms with Gasteiger partial charge in [0.2, 0.25) is 0 Å². The van der Waals surface area contributed by atoms with Crippen molar-refractivity contribution in [3.8, 4) is 0 Å². The van der Waals surface area contributed by atoms with Gasteiger partial charge in [-0.1, -0.05) is 17.4 Å². The Hall–Kier alpha value is -1.32. The summed E-state index contributed by atoms with van der Waals surface area (Å²) in [5.74, 6) is 0. The highest BCUT2D eigenvalue weighted by molar-refractivity contribution is 5.27. The fourth-order valence-corrected chi connectivity index (χ4v) is 1.11. The van der Waals surface area contributed by atoms with Crippen LogP contribution in [0.3, 0.4) is 0 Å². The normalized spacial score (nSPS) is 35.0. The van der Waals surface area contributed by atoms with Crippen LogP contribution in [0.15, 0.2) is 34.3 Å². The molecule has 2 rings (SSSR count). The molecule has 1 aliphatic heterocycles. The topological polar surface area (TPSA) is 62.8 Å². The molecule has 3 N–H and O–H groups in total. The third kappa shape index (κ3) is 0.618. The molecule has 2 atom stereocenters. The molecule has 10 heavy (non-hydrogen) atoms. The third-order valence-corrected chi connectivity index (χ3v) is 1.68. The highest BCUT2D eigenvalue weighted by Crippen LogP contribution is 2.17. The summed E-state index contributed by atoms with van der Waals surface area (Å²) < 4.78 is 0. The Kier molecular flexibility index (Phi) is 1.00. The highest BCUT2D eigenvalue weighted by atomic mass is 15.5. The third-order valence-electron chi connectivity index (χ3n) is 1.68. The number of hydrogen-bond donors (Lipinski definition) is 2. The van der Waals surface area contributed by atoms with Gasteiger partial charge in [-0.3, -0.25) is 5.43 Å². The lowest BCUT2D eigenvalue weighted by molar-refractivity contribution is 0.635. The molecule has 0 radical (unpaired) electrons. The monoisotopic (exact) mass is 136 g/mol. The van der Waals surface area contributed by atoms with Crippen LogP contribution in [0, 0.1) is 0 Å². The van der Waals surface area contributed by atoms with Crippen molar-refractivity contribution in [3.05, 3.63) is 23.9 Å². The number of nitrogens with zero attached hydrogens (tertiary/aromatic N) is 2. The van der Waals surface area contributed by atoms with Crippen LogP contribution in [0.2, 0.25) is 0 Å². The minimum Gasteiger partial charge on any atom is -0.400 e. The number of fused-ring (bicyclic) bond motifs is 1. The van der Waals surface area contributed by atoms with Crippen molar-refractivity contribution < 1.29 is 0 Å². The molecule has 0 saturated heterocycles. The molecule has 52 valence electrons. The summed E-state index contributed by atoms with van der Waals surface area (Å²) in [5, 5.41) is 7.59. The van der Waals surface area contributed by atoms with Crippen LogP contribution >= 0.6 is 0 Å². The maximum atomic E-state index is 5.64. The molecule has 4 heteroatoms. The van der Waals surface area contributed by atoms with Gasteiger partial charge in [-0.05, 0) is 6.08 Å². The van der Waals surface area contributed by atoms with Crippen LogP contribution < -0.4 is 11.2 Å². The summed E-state index contributed by atoms with van der Waals surface area (Å²) in [7, 11) is 0. The molecule has 1 heterocycles. The van der Waals surface area contributed by atoms with Gasteiger partial charge in [0.1, 0.15) is 6.04 Å². The van der Waals surface area contributed by atoms with Crippen molar-refractivity contribution in [2.45, 2.75) is 12.1 Å². The van der Waals surface area contributed by atoms with E-state index in [9.17, 15) is 0 Å². The summed E-state index contributed by atoms with van der Waals surface area (Å²) >= 11 is 0. The molecular weight excluding hydrogens is 128 g/mol. The summed E-state index contributed by atoms with van der Waals surface area (Å²) in [5.41, 5.74) is 9.25. The van der Waals surface area contributed by atoms with Gasteiger partial charge in [0.15, 0.2) is 0 Å². The molecule has 0 spiro atoms. The molecule has 0 aromatic rings. The van der Waals surface area contributed by atoms with Crippen molar-refractivity contribution >= 4 is 0 Å². The minimum absolute atomic E-state index is 0.0324. The van der Waals surface area contributed by atoms with Crippen LogP contribution in [0.25, 0.3) is 0 Å². The Balaban J connectivity index is 2.30. The fourth-order valence-electron chi connectivity index (χ4n) is 1.11. The first-order chi connectivity index (χ1) is 4.88. The molecule has 2 aliphatic rings. The van der Waals surface area contributed by atoms with Gasteiger partial charge in [0.05, 0.1) is 6.04 Å². The summed E-state index contributed by atoms with van der Waals surface area (Å²) in [6, 6.07) is 0.218. The molecule has 0 fully saturated rings. The summed E-state index contributed by atoms with van der Waals surface area (Å²) in [6.07, 6.45) is 5.77. The van der Waals surface area contributed by atoms with Crippen LogP contribution in [0.4, 0.5) is 0 Å². The van der Waals surface area contributed by atoms with Crippen LogP contribution in [0.1, 0.15) is 0 Å². The molecule has 0 aromatic carbocycles. The van der Waals surface area contributed by atoms with E-state index in [1.165, 1.54) is 0 Å². The lowest BCUT2D eigenvalue weighted by atomic mass is 10.0. The molecule has 0 saturated carbocycles. The second-order valence-electron chi connectivity index (χ2n) is 2.37. The van der Waals surface area contributed by atoms with E-state index in [1.807, 2.05) is 18.2 Å². The maximum absolute atomic E-state index is 5.64. The van der Waals surface area contributed by atoms with E-state index in [0.717, 1.165) is 5.70 Å². The lowest BCUT2D eigenvalue weighted by Crippen LogP contribution is -2.33. The summed E-state index contributed by atoms with van der Waals surface area (Å²) in [4.78, 5) is 0. The Bertz CT molecular complexity index is 228. The van der Waals surface area contributed by atoms with Crippen LogP contribution in [-0.4, -0.2) is 12.1 Å². The minimum atomic E-state index is 0.0324. The second kappa shape index (κ2) is 1.83. The maximum Gasteiger partial charge on any atom is 0.137 e. The Morgan fingerprint density at radius 3 is 3.30 bits per heavy atom. The van der Waals surface area contributed by atoms with Crippen molar-refractivity contribution in [2.75, 3.05) is 0 Å². The zero-order valence-electron chi connectivity index (χ0n) is 5.36. The van der Waals surface area contributed by atoms with E-state index in [0.29, 0.717) is 0 Å². The van der Waals surface area contributed by atoms with E-state index in [4.69, 9.17) is 5.73 Å². The number of allylic oxidation sites excluding steroid dienone is 2. The fraction of sp³-hybridized carbons (Fsp3) is 0.333. The highest BCUT2D eigenvalue weighted by Gasteiger charge is 2.26. The number of hydrogen-bond acceptors (Lipinski definition) is 4. The molecule has 4 nitrogen and oxygen atoms in total. The molecule has 0 amide bonds. The lowest BCUT2D eigenvalue weighted by Gasteiger charge is -2.15. The molecule has 0 unspecified atom stereocenters. The predicted molar refractivity (Wildman–Crippen MR) is 37.0 cm³/mol. The zero-order valence-corrected chi connectivity index (χ0v) is 5.36. The van der Waals surface area contributed by atoms with Crippen molar-refractivity contribution in [1.29, 1.82) is 0 Å². The smallest absolute Gasteiger partial charge is 0.137 e. The quantitative estimate of drug-likeness (QED) is 0.496. The number of rotatable bonds is 0.